The van der Waals surface area contributed by atoms with Crippen LogP contribution in [-0.4, -0.2) is 11.2 Å². The zero-order valence-corrected chi connectivity index (χ0v) is 9.89. The third-order valence-corrected chi connectivity index (χ3v) is 3.01. The zero-order valence-electron chi connectivity index (χ0n) is 9.07. The van der Waals surface area contributed by atoms with Crippen LogP contribution in [0.5, 0.6) is 0 Å². The van der Waals surface area contributed by atoms with Gasteiger partial charge in [-0.1, -0.05) is 12.1 Å². The highest BCUT2D eigenvalue weighted by molar-refractivity contribution is 7.98. The second-order valence-corrected chi connectivity index (χ2v) is 4.25. The SMILES string of the molecule is CSc1ccc(-c2nc(C)oc2C)cc1. The lowest BCUT2D eigenvalue weighted by atomic mass is 10.1. The minimum absolute atomic E-state index is 0.719. The number of nitrogens with zero attached hydrogens (tertiary/aromatic N) is 1. The van der Waals surface area contributed by atoms with Crippen LogP contribution in [0.25, 0.3) is 11.3 Å². The Morgan fingerprint density at radius 2 is 1.80 bits per heavy atom. The van der Waals surface area contributed by atoms with Crippen LogP contribution in [0.4, 0.5) is 0 Å². The van der Waals surface area contributed by atoms with Gasteiger partial charge in [-0.2, -0.15) is 0 Å². The van der Waals surface area contributed by atoms with Gasteiger partial charge in [0.15, 0.2) is 5.89 Å². The van der Waals surface area contributed by atoms with E-state index in [9.17, 15) is 0 Å². The summed E-state index contributed by atoms with van der Waals surface area (Å²) in [5.41, 5.74) is 2.06. The molecule has 0 radical (unpaired) electrons. The van der Waals surface area contributed by atoms with E-state index in [4.69, 9.17) is 4.42 Å². The van der Waals surface area contributed by atoms with Crippen molar-refractivity contribution in [3.05, 3.63) is 35.9 Å². The molecular formula is C12H13NOS. The topological polar surface area (TPSA) is 26.0 Å². The van der Waals surface area contributed by atoms with Crippen molar-refractivity contribution < 1.29 is 4.42 Å². The third-order valence-electron chi connectivity index (χ3n) is 2.27. The number of hydrogen-bond donors (Lipinski definition) is 0. The number of oxazole rings is 1. The fourth-order valence-electron chi connectivity index (χ4n) is 1.55. The van der Waals surface area contributed by atoms with Crippen LogP contribution in [0.1, 0.15) is 11.7 Å². The lowest BCUT2D eigenvalue weighted by Crippen LogP contribution is -1.80. The van der Waals surface area contributed by atoms with E-state index in [0.717, 1.165) is 22.9 Å². The number of rotatable bonds is 2. The highest BCUT2D eigenvalue weighted by atomic mass is 32.2. The Morgan fingerprint density at radius 3 is 2.27 bits per heavy atom. The van der Waals surface area contributed by atoms with Crippen LogP contribution >= 0.6 is 11.8 Å². The molecule has 0 spiro atoms. The number of hydrogen-bond acceptors (Lipinski definition) is 3. The first kappa shape index (κ1) is 10.3. The second kappa shape index (κ2) is 4.11. The molecule has 0 amide bonds. The van der Waals surface area contributed by atoms with Crippen molar-refractivity contribution >= 4 is 11.8 Å². The van der Waals surface area contributed by atoms with Gasteiger partial charge in [0.25, 0.3) is 0 Å². The number of benzene rings is 1. The first-order chi connectivity index (χ1) is 7.20. The molecule has 3 heteroatoms. The van der Waals surface area contributed by atoms with Gasteiger partial charge in [0.2, 0.25) is 0 Å². The number of aromatic nitrogens is 1. The van der Waals surface area contributed by atoms with Crippen LogP contribution < -0.4 is 0 Å². The monoisotopic (exact) mass is 219 g/mol. The van der Waals surface area contributed by atoms with Crippen molar-refractivity contribution in [2.24, 2.45) is 0 Å². The summed E-state index contributed by atoms with van der Waals surface area (Å²) in [4.78, 5) is 5.62. The largest absolute Gasteiger partial charge is 0.446 e. The van der Waals surface area contributed by atoms with Crippen molar-refractivity contribution in [1.82, 2.24) is 4.98 Å². The van der Waals surface area contributed by atoms with Crippen molar-refractivity contribution in [3.63, 3.8) is 0 Å². The smallest absolute Gasteiger partial charge is 0.191 e. The molecule has 1 aromatic heterocycles. The molecule has 0 N–H and O–H groups in total. The van der Waals surface area contributed by atoms with Gasteiger partial charge in [0, 0.05) is 17.4 Å². The first-order valence-corrected chi connectivity index (χ1v) is 6.01. The third kappa shape index (κ3) is 2.07. The standard InChI is InChI=1S/C12H13NOS/c1-8-12(13-9(2)14-8)10-4-6-11(15-3)7-5-10/h4-7H,1-3H3. The van der Waals surface area contributed by atoms with Gasteiger partial charge >= 0.3 is 0 Å². The Hall–Kier alpha value is -1.22. The fraction of sp³-hybridized carbons (Fsp3) is 0.250. The predicted molar refractivity (Wildman–Crippen MR) is 63.2 cm³/mol. The van der Waals surface area contributed by atoms with Gasteiger partial charge in [0.05, 0.1) is 0 Å². The molecular weight excluding hydrogens is 206 g/mol. The van der Waals surface area contributed by atoms with E-state index in [2.05, 4.69) is 35.5 Å². The minimum atomic E-state index is 0.719. The Balaban J connectivity index is 2.41. The van der Waals surface area contributed by atoms with E-state index in [1.54, 1.807) is 11.8 Å². The highest BCUT2D eigenvalue weighted by Crippen LogP contribution is 2.25. The molecule has 0 aliphatic carbocycles. The maximum Gasteiger partial charge on any atom is 0.191 e. The predicted octanol–water partition coefficient (Wildman–Crippen LogP) is 3.68. The molecule has 15 heavy (non-hydrogen) atoms. The maximum atomic E-state index is 5.41. The molecule has 0 unspecified atom stereocenters. The van der Waals surface area contributed by atoms with Gasteiger partial charge in [-0.25, -0.2) is 4.98 Å². The van der Waals surface area contributed by atoms with Gasteiger partial charge in [-0.3, -0.25) is 0 Å². The second-order valence-electron chi connectivity index (χ2n) is 3.37. The van der Waals surface area contributed by atoms with Crippen molar-refractivity contribution in [3.8, 4) is 11.3 Å². The quantitative estimate of drug-likeness (QED) is 0.721. The minimum Gasteiger partial charge on any atom is -0.446 e. The van der Waals surface area contributed by atoms with Crippen LogP contribution in [-0.2, 0) is 0 Å². The van der Waals surface area contributed by atoms with Gasteiger partial charge < -0.3 is 4.42 Å². The summed E-state index contributed by atoms with van der Waals surface area (Å²) in [6.07, 6.45) is 2.07. The normalized spacial score (nSPS) is 10.6. The molecule has 0 aliphatic heterocycles. The molecule has 1 aromatic carbocycles. The van der Waals surface area contributed by atoms with E-state index in [1.807, 2.05) is 13.8 Å². The van der Waals surface area contributed by atoms with E-state index < -0.39 is 0 Å². The molecule has 78 valence electrons. The maximum absolute atomic E-state index is 5.41. The summed E-state index contributed by atoms with van der Waals surface area (Å²) in [6, 6.07) is 8.36. The molecule has 2 rings (SSSR count). The van der Waals surface area contributed by atoms with Gasteiger partial charge in [-0.05, 0) is 25.3 Å². The average molecular weight is 219 g/mol. The van der Waals surface area contributed by atoms with Crippen LogP contribution in [0.3, 0.4) is 0 Å². The van der Waals surface area contributed by atoms with Crippen LogP contribution in [0.15, 0.2) is 33.6 Å². The molecule has 0 atom stereocenters. The Kier molecular flexibility index (Phi) is 2.82. The average Bonchev–Trinajstić information content (AvgIpc) is 2.58. The van der Waals surface area contributed by atoms with Crippen LogP contribution in [0.2, 0.25) is 0 Å². The molecule has 2 aromatic rings. The molecule has 1 heterocycles. The Morgan fingerprint density at radius 1 is 1.13 bits per heavy atom. The highest BCUT2D eigenvalue weighted by Gasteiger charge is 2.08. The fourth-order valence-corrected chi connectivity index (χ4v) is 1.95. The first-order valence-electron chi connectivity index (χ1n) is 4.79. The van der Waals surface area contributed by atoms with E-state index in [-0.39, 0.29) is 0 Å². The number of thioether (sulfide) groups is 1. The lowest BCUT2D eigenvalue weighted by Gasteiger charge is -1.99. The Bertz CT molecular complexity index is 459. The summed E-state index contributed by atoms with van der Waals surface area (Å²) in [7, 11) is 0. The summed E-state index contributed by atoms with van der Waals surface area (Å²) < 4.78 is 5.41. The van der Waals surface area contributed by atoms with E-state index in [0.29, 0.717) is 0 Å². The number of aryl methyl sites for hydroxylation is 2. The van der Waals surface area contributed by atoms with Gasteiger partial charge in [0.1, 0.15) is 11.5 Å². The molecule has 0 saturated heterocycles. The van der Waals surface area contributed by atoms with Gasteiger partial charge in [-0.15, -0.1) is 11.8 Å². The van der Waals surface area contributed by atoms with Crippen molar-refractivity contribution in [1.29, 1.82) is 0 Å². The van der Waals surface area contributed by atoms with Crippen molar-refractivity contribution in [2.75, 3.05) is 6.26 Å². The molecule has 0 aliphatic rings. The van der Waals surface area contributed by atoms with Crippen molar-refractivity contribution in [2.45, 2.75) is 18.7 Å². The molecule has 0 fully saturated rings. The lowest BCUT2D eigenvalue weighted by molar-refractivity contribution is 0.495. The summed E-state index contributed by atoms with van der Waals surface area (Å²) in [6.45, 7) is 3.81. The Labute approximate surface area is 93.7 Å². The summed E-state index contributed by atoms with van der Waals surface area (Å²) >= 11 is 1.74. The van der Waals surface area contributed by atoms with E-state index in [1.165, 1.54) is 4.90 Å². The van der Waals surface area contributed by atoms with E-state index >= 15 is 0 Å². The summed E-state index contributed by atoms with van der Waals surface area (Å²) in [5, 5.41) is 0. The molecule has 0 bridgehead atoms. The van der Waals surface area contributed by atoms with Crippen LogP contribution in [0, 0.1) is 13.8 Å². The molecule has 2 nitrogen and oxygen atoms in total. The zero-order chi connectivity index (χ0) is 10.8. The molecule has 0 saturated carbocycles. The summed E-state index contributed by atoms with van der Waals surface area (Å²) in [5.74, 6) is 1.60.